The lowest BCUT2D eigenvalue weighted by molar-refractivity contribution is 0.405. The predicted octanol–water partition coefficient (Wildman–Crippen LogP) is 4.31. The molecule has 0 aliphatic heterocycles. The van der Waals surface area contributed by atoms with Gasteiger partial charge in [0.2, 0.25) is 0 Å². The average molecular weight is 444 g/mol. The second-order valence-corrected chi connectivity index (χ2v) is 8.23. The maximum absolute atomic E-state index is 12.8. The van der Waals surface area contributed by atoms with Gasteiger partial charge in [-0.3, -0.25) is 4.72 Å². The van der Waals surface area contributed by atoms with E-state index in [1.807, 2.05) is 30.3 Å². The molecule has 0 unspecified atom stereocenters. The minimum absolute atomic E-state index is 0.0971. The Morgan fingerprint density at radius 3 is 2.07 bits per heavy atom. The summed E-state index contributed by atoms with van der Waals surface area (Å²) in [5.41, 5.74) is 1.79. The molecule has 3 aromatic carbocycles. The normalized spacial score (nSPS) is 10.7. The molecule has 30 heavy (non-hydrogen) atoms. The molecule has 0 amide bonds. The molecule has 0 aromatic heterocycles. The van der Waals surface area contributed by atoms with E-state index in [4.69, 9.17) is 21.7 Å². The number of thiocarbonyl (C=S) groups is 1. The predicted molar refractivity (Wildman–Crippen MR) is 123 cm³/mol. The van der Waals surface area contributed by atoms with Crippen molar-refractivity contribution in [3.63, 3.8) is 0 Å². The third-order valence-electron chi connectivity index (χ3n) is 4.11. The van der Waals surface area contributed by atoms with Crippen molar-refractivity contribution in [1.29, 1.82) is 0 Å². The number of ether oxygens (including phenoxy) is 2. The summed E-state index contributed by atoms with van der Waals surface area (Å²) in [5, 5.41) is 6.48. The highest BCUT2D eigenvalue weighted by molar-refractivity contribution is 7.92. The first-order valence-electron chi connectivity index (χ1n) is 8.89. The van der Waals surface area contributed by atoms with Crippen LogP contribution in [0.3, 0.4) is 0 Å². The van der Waals surface area contributed by atoms with Crippen LogP contribution in [-0.2, 0) is 10.0 Å². The first kappa shape index (κ1) is 21.4. The Hall–Kier alpha value is -3.30. The fourth-order valence-electron chi connectivity index (χ4n) is 2.63. The molecule has 0 aliphatic rings. The summed E-state index contributed by atoms with van der Waals surface area (Å²) in [6.07, 6.45) is 0. The molecular formula is C21H21N3O4S2. The Morgan fingerprint density at radius 2 is 1.47 bits per heavy atom. The highest BCUT2D eigenvalue weighted by atomic mass is 32.2. The number of hydrogen-bond acceptors (Lipinski definition) is 5. The van der Waals surface area contributed by atoms with Crippen molar-refractivity contribution in [2.45, 2.75) is 4.90 Å². The molecular weight excluding hydrogens is 422 g/mol. The number of hydrogen-bond donors (Lipinski definition) is 3. The second kappa shape index (κ2) is 9.47. The number of methoxy groups -OCH3 is 2. The number of para-hydroxylation sites is 1. The van der Waals surface area contributed by atoms with E-state index in [9.17, 15) is 8.42 Å². The zero-order chi connectivity index (χ0) is 21.6. The Labute approximate surface area is 181 Å². The molecule has 0 spiro atoms. The van der Waals surface area contributed by atoms with Crippen molar-refractivity contribution < 1.29 is 17.9 Å². The van der Waals surface area contributed by atoms with E-state index in [2.05, 4.69) is 15.4 Å². The van der Waals surface area contributed by atoms with Gasteiger partial charge in [0.1, 0.15) is 11.5 Å². The van der Waals surface area contributed by atoms with Crippen molar-refractivity contribution in [2.75, 3.05) is 29.6 Å². The number of sulfonamides is 1. The number of benzene rings is 3. The quantitative estimate of drug-likeness (QED) is 0.469. The summed E-state index contributed by atoms with van der Waals surface area (Å²) in [7, 11) is -0.859. The molecule has 9 heteroatoms. The average Bonchev–Trinajstić information content (AvgIpc) is 2.74. The molecule has 3 aromatic rings. The summed E-state index contributed by atoms with van der Waals surface area (Å²) < 4.78 is 38.5. The third kappa shape index (κ3) is 5.40. The summed E-state index contributed by atoms with van der Waals surface area (Å²) in [5.74, 6) is 0.891. The fraction of sp³-hybridized carbons (Fsp3) is 0.0952. The summed E-state index contributed by atoms with van der Waals surface area (Å²) in [6, 6.07) is 20.6. The summed E-state index contributed by atoms with van der Waals surface area (Å²) >= 11 is 5.28. The van der Waals surface area contributed by atoms with E-state index in [-0.39, 0.29) is 10.6 Å². The zero-order valence-corrected chi connectivity index (χ0v) is 18.0. The van der Waals surface area contributed by atoms with Crippen LogP contribution in [0.1, 0.15) is 0 Å². The van der Waals surface area contributed by atoms with E-state index < -0.39 is 10.0 Å². The largest absolute Gasteiger partial charge is 0.497 e. The Kier molecular flexibility index (Phi) is 6.76. The van der Waals surface area contributed by atoms with Gasteiger partial charge in [-0.05, 0) is 60.7 Å². The smallest absolute Gasteiger partial charge is 0.262 e. The molecule has 0 saturated carbocycles. The van der Waals surface area contributed by atoms with Crippen molar-refractivity contribution >= 4 is 44.4 Å². The van der Waals surface area contributed by atoms with Gasteiger partial charge < -0.3 is 20.1 Å². The van der Waals surface area contributed by atoms with Crippen molar-refractivity contribution in [1.82, 2.24) is 0 Å². The molecule has 0 bridgehead atoms. The highest BCUT2D eigenvalue weighted by Gasteiger charge is 2.17. The lowest BCUT2D eigenvalue weighted by Crippen LogP contribution is -2.19. The minimum Gasteiger partial charge on any atom is -0.497 e. The molecule has 0 heterocycles. The maximum atomic E-state index is 12.8. The van der Waals surface area contributed by atoms with Gasteiger partial charge in [-0.25, -0.2) is 8.42 Å². The van der Waals surface area contributed by atoms with Gasteiger partial charge in [0, 0.05) is 17.4 Å². The molecule has 0 saturated heterocycles. The van der Waals surface area contributed by atoms with E-state index >= 15 is 0 Å². The van der Waals surface area contributed by atoms with Crippen LogP contribution in [0.25, 0.3) is 0 Å². The first-order valence-corrected chi connectivity index (χ1v) is 10.8. The lowest BCUT2D eigenvalue weighted by atomic mass is 10.3. The molecule has 0 radical (unpaired) electrons. The minimum atomic E-state index is -3.83. The monoisotopic (exact) mass is 443 g/mol. The molecule has 0 fully saturated rings. The Balaban J connectivity index is 1.71. The second-order valence-electron chi connectivity index (χ2n) is 6.14. The van der Waals surface area contributed by atoms with E-state index in [1.54, 1.807) is 30.3 Å². The molecule has 156 valence electrons. The molecule has 7 nitrogen and oxygen atoms in total. The molecule has 0 atom stereocenters. The van der Waals surface area contributed by atoms with Gasteiger partial charge >= 0.3 is 0 Å². The zero-order valence-electron chi connectivity index (χ0n) is 16.4. The van der Waals surface area contributed by atoms with Crippen LogP contribution in [0.15, 0.2) is 77.7 Å². The topological polar surface area (TPSA) is 88.7 Å². The van der Waals surface area contributed by atoms with Crippen LogP contribution >= 0.6 is 12.2 Å². The molecule has 0 aliphatic carbocycles. The van der Waals surface area contributed by atoms with Crippen LogP contribution in [0.2, 0.25) is 0 Å². The fourth-order valence-corrected chi connectivity index (χ4v) is 3.93. The number of nitrogens with one attached hydrogen (secondary N) is 3. The van der Waals surface area contributed by atoms with Crippen LogP contribution in [0, 0.1) is 0 Å². The lowest BCUT2D eigenvalue weighted by Gasteiger charge is -2.14. The van der Waals surface area contributed by atoms with Gasteiger partial charge in [-0.2, -0.15) is 0 Å². The highest BCUT2D eigenvalue weighted by Crippen LogP contribution is 2.31. The van der Waals surface area contributed by atoms with Crippen LogP contribution < -0.4 is 24.8 Å². The Morgan fingerprint density at radius 1 is 0.833 bits per heavy atom. The van der Waals surface area contributed by atoms with Crippen LogP contribution in [-0.4, -0.2) is 27.7 Å². The molecule has 3 N–H and O–H groups in total. The van der Waals surface area contributed by atoms with Crippen LogP contribution in [0.5, 0.6) is 11.5 Å². The van der Waals surface area contributed by atoms with Crippen molar-refractivity contribution in [3.05, 3.63) is 72.8 Å². The van der Waals surface area contributed by atoms with Gasteiger partial charge in [0.15, 0.2) is 5.11 Å². The summed E-state index contributed by atoms with van der Waals surface area (Å²) in [6.45, 7) is 0. The van der Waals surface area contributed by atoms with Gasteiger partial charge in [0.25, 0.3) is 10.0 Å². The molecule has 3 rings (SSSR count). The van der Waals surface area contributed by atoms with Crippen LogP contribution in [0.4, 0.5) is 17.1 Å². The van der Waals surface area contributed by atoms with Crippen molar-refractivity contribution in [2.24, 2.45) is 0 Å². The van der Waals surface area contributed by atoms with Gasteiger partial charge in [-0.1, -0.05) is 18.2 Å². The maximum Gasteiger partial charge on any atom is 0.262 e. The van der Waals surface area contributed by atoms with E-state index in [0.29, 0.717) is 22.3 Å². The number of anilines is 3. The van der Waals surface area contributed by atoms with E-state index in [1.165, 1.54) is 26.4 Å². The SMILES string of the molecule is COc1ccc(OC)c(NS(=O)(=O)c2ccc(NC(=S)Nc3ccccc3)cc2)c1. The standard InChI is InChI=1S/C21H21N3O4S2/c1-27-17-10-13-20(28-2)19(14-17)24-30(25,26)18-11-8-16(9-12-18)23-21(29)22-15-6-4-3-5-7-15/h3-14,24H,1-2H3,(H2,22,23,29). The van der Waals surface area contributed by atoms with E-state index in [0.717, 1.165) is 5.69 Å². The first-order chi connectivity index (χ1) is 14.4. The van der Waals surface area contributed by atoms with Crippen molar-refractivity contribution in [3.8, 4) is 11.5 Å². The third-order valence-corrected chi connectivity index (χ3v) is 5.69. The summed E-state index contributed by atoms with van der Waals surface area (Å²) in [4.78, 5) is 0.0971. The number of rotatable bonds is 7. The Bertz CT molecular complexity index is 1120. The van der Waals surface area contributed by atoms with Gasteiger partial charge in [-0.15, -0.1) is 0 Å². The van der Waals surface area contributed by atoms with Gasteiger partial charge in [0.05, 0.1) is 24.8 Å².